The van der Waals surface area contributed by atoms with Crippen molar-refractivity contribution in [2.75, 3.05) is 0 Å². The van der Waals surface area contributed by atoms with Crippen LogP contribution < -0.4 is 11.3 Å². The number of nitrogens with two attached hydrogens (primary N) is 1. The van der Waals surface area contributed by atoms with Gasteiger partial charge in [0.1, 0.15) is 0 Å². The van der Waals surface area contributed by atoms with Crippen LogP contribution in [0.25, 0.3) is 0 Å². The van der Waals surface area contributed by atoms with Gasteiger partial charge in [0.25, 0.3) is 0 Å². The molecule has 0 aliphatic heterocycles. The fourth-order valence-electron chi connectivity index (χ4n) is 2.17. The molecule has 2 aromatic carbocycles. The van der Waals surface area contributed by atoms with Gasteiger partial charge in [0.05, 0.1) is 6.04 Å². The van der Waals surface area contributed by atoms with Crippen molar-refractivity contribution in [3.8, 4) is 0 Å². The standard InChI is InChI=1S/C16H19ClN2/c1-3-12-5-4-6-13(9-12)16(19-18)14-8-7-11(2)15(17)10-14/h4-10,16,19H,3,18H2,1-2H3. The molecule has 19 heavy (non-hydrogen) atoms. The number of aryl methyl sites for hydroxylation is 2. The second-order valence-electron chi connectivity index (χ2n) is 4.71. The Hall–Kier alpha value is -1.35. The number of hydrazine groups is 1. The minimum absolute atomic E-state index is 0.0374. The van der Waals surface area contributed by atoms with Crippen molar-refractivity contribution in [3.05, 3.63) is 69.7 Å². The quantitative estimate of drug-likeness (QED) is 0.658. The largest absolute Gasteiger partial charge is 0.271 e. The molecule has 1 atom stereocenters. The Balaban J connectivity index is 2.40. The Kier molecular flexibility index (Phi) is 4.59. The van der Waals surface area contributed by atoms with Gasteiger partial charge in [0.2, 0.25) is 0 Å². The molecule has 0 aromatic heterocycles. The first-order valence-corrected chi connectivity index (χ1v) is 6.84. The molecule has 0 amide bonds. The number of rotatable bonds is 4. The summed E-state index contributed by atoms with van der Waals surface area (Å²) < 4.78 is 0. The summed E-state index contributed by atoms with van der Waals surface area (Å²) in [5.41, 5.74) is 7.48. The van der Waals surface area contributed by atoms with Gasteiger partial charge in [-0.3, -0.25) is 5.84 Å². The van der Waals surface area contributed by atoms with Crippen molar-refractivity contribution in [1.82, 2.24) is 5.43 Å². The molecule has 100 valence electrons. The maximum absolute atomic E-state index is 6.19. The van der Waals surface area contributed by atoms with Crippen molar-refractivity contribution >= 4 is 11.6 Å². The highest BCUT2D eigenvalue weighted by molar-refractivity contribution is 6.31. The summed E-state index contributed by atoms with van der Waals surface area (Å²) >= 11 is 6.19. The fraction of sp³-hybridized carbons (Fsp3) is 0.250. The normalized spacial score (nSPS) is 12.4. The summed E-state index contributed by atoms with van der Waals surface area (Å²) in [5, 5.41) is 0.768. The highest BCUT2D eigenvalue weighted by Crippen LogP contribution is 2.26. The van der Waals surface area contributed by atoms with Crippen LogP contribution in [-0.4, -0.2) is 0 Å². The first-order chi connectivity index (χ1) is 9.15. The van der Waals surface area contributed by atoms with E-state index in [-0.39, 0.29) is 6.04 Å². The summed E-state index contributed by atoms with van der Waals surface area (Å²) in [5.74, 6) is 5.72. The molecule has 3 N–H and O–H groups in total. The maximum atomic E-state index is 6.19. The third-order valence-electron chi connectivity index (χ3n) is 3.39. The Morgan fingerprint density at radius 1 is 1.16 bits per heavy atom. The monoisotopic (exact) mass is 274 g/mol. The average Bonchev–Trinajstić information content (AvgIpc) is 2.44. The van der Waals surface area contributed by atoms with E-state index < -0.39 is 0 Å². The van der Waals surface area contributed by atoms with Gasteiger partial charge < -0.3 is 0 Å². The molecule has 0 heterocycles. The number of hydrogen-bond donors (Lipinski definition) is 2. The van der Waals surface area contributed by atoms with Crippen LogP contribution in [0, 0.1) is 6.92 Å². The van der Waals surface area contributed by atoms with E-state index in [2.05, 4.69) is 42.7 Å². The zero-order valence-electron chi connectivity index (χ0n) is 11.3. The van der Waals surface area contributed by atoms with E-state index in [0.717, 1.165) is 28.1 Å². The summed E-state index contributed by atoms with van der Waals surface area (Å²) in [6.45, 7) is 4.14. The lowest BCUT2D eigenvalue weighted by molar-refractivity contribution is 0.636. The molecule has 2 rings (SSSR count). The zero-order chi connectivity index (χ0) is 13.8. The van der Waals surface area contributed by atoms with E-state index in [1.54, 1.807) is 0 Å². The van der Waals surface area contributed by atoms with Gasteiger partial charge in [-0.2, -0.15) is 0 Å². The van der Waals surface area contributed by atoms with Crippen LogP contribution in [0.2, 0.25) is 5.02 Å². The number of nitrogens with one attached hydrogen (secondary N) is 1. The zero-order valence-corrected chi connectivity index (χ0v) is 12.0. The highest BCUT2D eigenvalue weighted by atomic mass is 35.5. The topological polar surface area (TPSA) is 38.0 Å². The van der Waals surface area contributed by atoms with Crippen LogP contribution in [0.3, 0.4) is 0 Å². The summed E-state index contributed by atoms with van der Waals surface area (Å²) in [4.78, 5) is 0. The van der Waals surface area contributed by atoms with Gasteiger partial charge in [0.15, 0.2) is 0 Å². The van der Waals surface area contributed by atoms with Gasteiger partial charge in [-0.05, 0) is 41.7 Å². The van der Waals surface area contributed by atoms with Crippen molar-refractivity contribution in [2.24, 2.45) is 5.84 Å². The van der Waals surface area contributed by atoms with E-state index >= 15 is 0 Å². The molecule has 0 bridgehead atoms. The summed E-state index contributed by atoms with van der Waals surface area (Å²) in [6.07, 6.45) is 1.01. The Bertz CT molecular complexity index is 566. The van der Waals surface area contributed by atoms with Gasteiger partial charge >= 0.3 is 0 Å². The second-order valence-corrected chi connectivity index (χ2v) is 5.11. The number of hydrogen-bond acceptors (Lipinski definition) is 2. The second kappa shape index (κ2) is 6.20. The molecule has 2 nitrogen and oxygen atoms in total. The molecule has 0 aliphatic carbocycles. The molecule has 3 heteroatoms. The van der Waals surface area contributed by atoms with Crippen molar-refractivity contribution in [3.63, 3.8) is 0 Å². The minimum atomic E-state index is -0.0374. The van der Waals surface area contributed by atoms with E-state index in [0.29, 0.717) is 0 Å². The first-order valence-electron chi connectivity index (χ1n) is 6.46. The lowest BCUT2D eigenvalue weighted by Gasteiger charge is -2.18. The van der Waals surface area contributed by atoms with E-state index in [1.807, 2.05) is 19.1 Å². The Morgan fingerprint density at radius 3 is 2.53 bits per heavy atom. The third kappa shape index (κ3) is 3.16. The lowest BCUT2D eigenvalue weighted by Crippen LogP contribution is -2.28. The van der Waals surface area contributed by atoms with Gasteiger partial charge in [0, 0.05) is 5.02 Å². The highest BCUT2D eigenvalue weighted by Gasteiger charge is 2.13. The molecule has 0 spiro atoms. The fourth-order valence-corrected chi connectivity index (χ4v) is 2.36. The molecule has 1 unspecified atom stereocenters. The number of halogens is 1. The van der Waals surface area contributed by atoms with E-state index in [9.17, 15) is 0 Å². The van der Waals surface area contributed by atoms with Crippen LogP contribution in [0.1, 0.15) is 35.2 Å². The summed E-state index contributed by atoms with van der Waals surface area (Å²) in [7, 11) is 0. The van der Waals surface area contributed by atoms with Crippen LogP contribution in [0.4, 0.5) is 0 Å². The molecular weight excluding hydrogens is 256 g/mol. The third-order valence-corrected chi connectivity index (χ3v) is 3.80. The van der Waals surface area contributed by atoms with Crippen LogP contribution in [-0.2, 0) is 6.42 Å². The van der Waals surface area contributed by atoms with E-state index in [4.69, 9.17) is 17.4 Å². The lowest BCUT2D eigenvalue weighted by atomic mass is 9.96. The molecular formula is C16H19ClN2. The van der Waals surface area contributed by atoms with Crippen LogP contribution >= 0.6 is 11.6 Å². The summed E-state index contributed by atoms with van der Waals surface area (Å²) in [6, 6.07) is 14.5. The average molecular weight is 275 g/mol. The maximum Gasteiger partial charge on any atom is 0.0710 e. The SMILES string of the molecule is CCc1cccc(C(NN)c2ccc(C)c(Cl)c2)c1. The predicted octanol–water partition coefficient (Wildman–Crippen LogP) is 3.76. The smallest absolute Gasteiger partial charge is 0.0710 e. The van der Waals surface area contributed by atoms with Gasteiger partial charge in [-0.1, -0.05) is 54.9 Å². The molecule has 0 saturated heterocycles. The van der Waals surface area contributed by atoms with Crippen molar-refractivity contribution < 1.29 is 0 Å². The number of benzene rings is 2. The van der Waals surface area contributed by atoms with Gasteiger partial charge in [-0.25, -0.2) is 5.43 Å². The Labute approximate surface area is 119 Å². The first kappa shape index (κ1) is 14.1. The van der Waals surface area contributed by atoms with E-state index in [1.165, 1.54) is 5.56 Å². The predicted molar refractivity (Wildman–Crippen MR) is 81.2 cm³/mol. The molecule has 0 radical (unpaired) electrons. The van der Waals surface area contributed by atoms with Crippen molar-refractivity contribution in [1.29, 1.82) is 0 Å². The molecule has 2 aromatic rings. The van der Waals surface area contributed by atoms with Gasteiger partial charge in [-0.15, -0.1) is 0 Å². The van der Waals surface area contributed by atoms with Crippen LogP contribution in [0.15, 0.2) is 42.5 Å². The Morgan fingerprint density at radius 2 is 1.89 bits per heavy atom. The van der Waals surface area contributed by atoms with Crippen molar-refractivity contribution in [2.45, 2.75) is 26.3 Å². The van der Waals surface area contributed by atoms with Crippen LogP contribution in [0.5, 0.6) is 0 Å². The molecule has 0 saturated carbocycles. The molecule has 0 fully saturated rings. The minimum Gasteiger partial charge on any atom is -0.271 e. The molecule has 0 aliphatic rings.